The second kappa shape index (κ2) is 9.48. The summed E-state index contributed by atoms with van der Waals surface area (Å²) < 4.78 is 12.6. The van der Waals surface area contributed by atoms with Gasteiger partial charge in [0.05, 0.1) is 24.7 Å². The Labute approximate surface area is 152 Å². The van der Waals surface area contributed by atoms with E-state index in [1.54, 1.807) is 7.11 Å². The summed E-state index contributed by atoms with van der Waals surface area (Å²) in [6, 6.07) is 7.36. The van der Waals surface area contributed by atoms with Gasteiger partial charge in [-0.15, -0.1) is 0 Å². The van der Waals surface area contributed by atoms with Crippen molar-refractivity contribution in [2.24, 2.45) is 0 Å². The van der Waals surface area contributed by atoms with Gasteiger partial charge in [-0.1, -0.05) is 11.8 Å². The van der Waals surface area contributed by atoms with Crippen LogP contribution in [0.5, 0.6) is 5.75 Å². The predicted octanol–water partition coefficient (Wildman–Crippen LogP) is 3.28. The molecule has 0 aliphatic rings. The summed E-state index contributed by atoms with van der Waals surface area (Å²) in [4.78, 5) is 16.7. The third-order valence-electron chi connectivity index (χ3n) is 3.72. The monoisotopic (exact) mass is 363 g/mol. The lowest BCUT2D eigenvalue weighted by Gasteiger charge is -2.10. The number of anilines is 1. The van der Waals surface area contributed by atoms with Crippen molar-refractivity contribution in [1.82, 2.24) is 9.55 Å². The van der Waals surface area contributed by atoms with E-state index in [2.05, 4.69) is 14.9 Å². The molecule has 25 heavy (non-hydrogen) atoms. The number of nitrogens with zero attached hydrogens (tertiary/aromatic N) is 2. The highest BCUT2D eigenvalue weighted by Crippen LogP contribution is 2.22. The summed E-state index contributed by atoms with van der Waals surface area (Å²) >= 11 is 1.43. The molecule has 1 aromatic heterocycles. The minimum Gasteiger partial charge on any atom is -0.494 e. The normalized spacial score (nSPS) is 10.7. The van der Waals surface area contributed by atoms with Gasteiger partial charge < -0.3 is 19.4 Å². The number of benzene rings is 1. The number of aromatic nitrogens is 2. The number of methoxy groups -OCH3 is 1. The summed E-state index contributed by atoms with van der Waals surface area (Å²) in [6.45, 7) is 7.91. The highest BCUT2D eigenvalue weighted by Gasteiger charge is 2.13. The molecule has 0 spiro atoms. The molecule has 136 valence electrons. The first-order valence-corrected chi connectivity index (χ1v) is 9.21. The first-order chi connectivity index (χ1) is 12.0. The van der Waals surface area contributed by atoms with Crippen LogP contribution >= 0.6 is 11.8 Å². The standard InChI is InChI=1S/C18H25N3O3S/c1-5-24-16-8-6-15(7-9-16)20-17(22)12-25-18-19-13(2)14(3)21(18)10-11-23-4/h6-9H,5,10-12H2,1-4H3,(H,20,22). The molecule has 7 heteroatoms. The molecule has 0 bridgehead atoms. The molecule has 0 aliphatic carbocycles. The van der Waals surface area contributed by atoms with E-state index in [-0.39, 0.29) is 5.91 Å². The van der Waals surface area contributed by atoms with Crippen LogP contribution in [0.3, 0.4) is 0 Å². The zero-order chi connectivity index (χ0) is 18.2. The summed E-state index contributed by atoms with van der Waals surface area (Å²) in [5.41, 5.74) is 2.83. The number of carbonyl (C=O) groups is 1. The topological polar surface area (TPSA) is 65.4 Å². The maximum absolute atomic E-state index is 12.2. The molecule has 1 heterocycles. The zero-order valence-electron chi connectivity index (χ0n) is 15.2. The minimum atomic E-state index is -0.0641. The Bertz CT molecular complexity index is 698. The predicted molar refractivity (Wildman–Crippen MR) is 101 cm³/mol. The van der Waals surface area contributed by atoms with E-state index in [9.17, 15) is 4.79 Å². The Morgan fingerprint density at radius 3 is 2.64 bits per heavy atom. The molecule has 6 nitrogen and oxygen atoms in total. The molecule has 0 atom stereocenters. The van der Waals surface area contributed by atoms with Crippen molar-refractivity contribution in [2.75, 3.05) is 31.4 Å². The number of hydrogen-bond acceptors (Lipinski definition) is 5. The van der Waals surface area contributed by atoms with Crippen molar-refractivity contribution < 1.29 is 14.3 Å². The quantitative estimate of drug-likeness (QED) is 0.693. The van der Waals surface area contributed by atoms with Crippen LogP contribution in [-0.2, 0) is 16.1 Å². The number of carbonyl (C=O) groups excluding carboxylic acids is 1. The fourth-order valence-electron chi connectivity index (χ4n) is 2.31. The fourth-order valence-corrected chi connectivity index (χ4v) is 3.23. The van der Waals surface area contributed by atoms with Crippen LogP contribution in [0, 0.1) is 13.8 Å². The van der Waals surface area contributed by atoms with Gasteiger partial charge in [-0.3, -0.25) is 4.79 Å². The summed E-state index contributed by atoms with van der Waals surface area (Å²) in [7, 11) is 1.68. The summed E-state index contributed by atoms with van der Waals surface area (Å²) in [6.07, 6.45) is 0. The van der Waals surface area contributed by atoms with Crippen LogP contribution in [-0.4, -0.2) is 41.5 Å². The number of amides is 1. The average molecular weight is 363 g/mol. The zero-order valence-corrected chi connectivity index (χ0v) is 16.0. The van der Waals surface area contributed by atoms with E-state index in [1.165, 1.54) is 11.8 Å². The molecule has 2 rings (SSSR count). The lowest BCUT2D eigenvalue weighted by Crippen LogP contribution is -2.15. The van der Waals surface area contributed by atoms with E-state index in [0.29, 0.717) is 19.0 Å². The fraction of sp³-hybridized carbons (Fsp3) is 0.444. The van der Waals surface area contributed by atoms with Gasteiger partial charge in [0.2, 0.25) is 5.91 Å². The van der Waals surface area contributed by atoms with E-state index in [4.69, 9.17) is 9.47 Å². The molecule has 0 saturated carbocycles. The Hall–Kier alpha value is -1.99. The summed E-state index contributed by atoms with van der Waals surface area (Å²) in [5.74, 6) is 1.03. The van der Waals surface area contributed by atoms with Gasteiger partial charge in [0.25, 0.3) is 0 Å². The second-order valence-corrected chi connectivity index (χ2v) is 6.45. The number of hydrogen-bond donors (Lipinski definition) is 1. The number of rotatable bonds is 9. The first kappa shape index (κ1) is 19.3. The minimum absolute atomic E-state index is 0.0641. The lowest BCUT2D eigenvalue weighted by atomic mass is 10.3. The molecule has 2 aromatic rings. The Morgan fingerprint density at radius 1 is 1.28 bits per heavy atom. The van der Waals surface area contributed by atoms with E-state index in [1.807, 2.05) is 45.0 Å². The van der Waals surface area contributed by atoms with Crippen LogP contribution in [0.4, 0.5) is 5.69 Å². The van der Waals surface area contributed by atoms with Gasteiger partial charge in [0, 0.05) is 25.0 Å². The van der Waals surface area contributed by atoms with E-state index in [0.717, 1.165) is 34.5 Å². The van der Waals surface area contributed by atoms with Gasteiger partial charge in [-0.05, 0) is 45.0 Å². The van der Waals surface area contributed by atoms with Gasteiger partial charge in [0.1, 0.15) is 5.75 Å². The van der Waals surface area contributed by atoms with Gasteiger partial charge in [0.15, 0.2) is 5.16 Å². The molecule has 0 unspecified atom stereocenters. The SMILES string of the molecule is CCOc1ccc(NC(=O)CSc2nc(C)c(C)n2CCOC)cc1. The number of imidazole rings is 1. The molecular formula is C18H25N3O3S. The number of ether oxygens (including phenoxy) is 2. The van der Waals surface area contributed by atoms with Crippen molar-refractivity contribution in [3.63, 3.8) is 0 Å². The van der Waals surface area contributed by atoms with Crippen molar-refractivity contribution in [1.29, 1.82) is 0 Å². The molecular weight excluding hydrogens is 338 g/mol. The molecule has 1 N–H and O–H groups in total. The van der Waals surface area contributed by atoms with Gasteiger partial charge in [-0.2, -0.15) is 0 Å². The van der Waals surface area contributed by atoms with Crippen LogP contribution in [0.15, 0.2) is 29.4 Å². The highest BCUT2D eigenvalue weighted by atomic mass is 32.2. The third kappa shape index (κ3) is 5.51. The van der Waals surface area contributed by atoms with Crippen molar-refractivity contribution in [3.05, 3.63) is 35.7 Å². The van der Waals surface area contributed by atoms with E-state index < -0.39 is 0 Å². The molecule has 0 saturated heterocycles. The van der Waals surface area contributed by atoms with E-state index >= 15 is 0 Å². The number of thioether (sulfide) groups is 1. The highest BCUT2D eigenvalue weighted by molar-refractivity contribution is 7.99. The Morgan fingerprint density at radius 2 is 2.00 bits per heavy atom. The van der Waals surface area contributed by atoms with Crippen molar-refractivity contribution >= 4 is 23.4 Å². The molecule has 1 aromatic carbocycles. The van der Waals surface area contributed by atoms with Gasteiger partial charge in [-0.25, -0.2) is 4.98 Å². The maximum atomic E-state index is 12.2. The maximum Gasteiger partial charge on any atom is 0.234 e. The van der Waals surface area contributed by atoms with Crippen LogP contribution < -0.4 is 10.1 Å². The smallest absolute Gasteiger partial charge is 0.234 e. The molecule has 0 aliphatic heterocycles. The number of aryl methyl sites for hydroxylation is 1. The van der Waals surface area contributed by atoms with Crippen LogP contribution in [0.25, 0.3) is 0 Å². The first-order valence-electron chi connectivity index (χ1n) is 8.23. The molecule has 0 radical (unpaired) electrons. The molecule has 0 fully saturated rings. The van der Waals surface area contributed by atoms with Crippen molar-refractivity contribution in [3.8, 4) is 5.75 Å². The molecule has 1 amide bonds. The van der Waals surface area contributed by atoms with Crippen molar-refractivity contribution in [2.45, 2.75) is 32.5 Å². The average Bonchev–Trinajstić information content (AvgIpc) is 2.87. The second-order valence-electron chi connectivity index (χ2n) is 5.50. The van der Waals surface area contributed by atoms with Crippen LogP contribution in [0.2, 0.25) is 0 Å². The number of nitrogens with one attached hydrogen (secondary N) is 1. The van der Waals surface area contributed by atoms with Gasteiger partial charge >= 0.3 is 0 Å². The summed E-state index contributed by atoms with van der Waals surface area (Å²) in [5, 5.41) is 3.73. The van der Waals surface area contributed by atoms with Crippen LogP contribution in [0.1, 0.15) is 18.3 Å². The lowest BCUT2D eigenvalue weighted by molar-refractivity contribution is -0.113. The third-order valence-corrected chi connectivity index (χ3v) is 4.70. The Balaban J connectivity index is 1.92. The Kier molecular flexibility index (Phi) is 7.33. The largest absolute Gasteiger partial charge is 0.494 e.